The van der Waals surface area contributed by atoms with E-state index in [-0.39, 0.29) is 11.8 Å². The van der Waals surface area contributed by atoms with Crippen molar-refractivity contribution in [2.24, 2.45) is 5.92 Å². The Labute approximate surface area is 208 Å². The Kier molecular flexibility index (Phi) is 6.85. The molecule has 1 atom stereocenters. The van der Waals surface area contributed by atoms with Crippen LogP contribution in [0.5, 0.6) is 5.75 Å². The van der Waals surface area contributed by atoms with Gasteiger partial charge in [-0.1, -0.05) is 19.1 Å². The molecular weight excluding hydrogens is 434 g/mol. The first-order valence-electron chi connectivity index (χ1n) is 12.9. The van der Waals surface area contributed by atoms with Crippen LogP contribution in [0.3, 0.4) is 0 Å². The average molecular weight is 470 g/mol. The van der Waals surface area contributed by atoms with Crippen molar-refractivity contribution in [3.8, 4) is 5.75 Å². The number of pyridine rings is 2. The van der Waals surface area contributed by atoms with Crippen LogP contribution in [0.1, 0.15) is 64.8 Å². The van der Waals surface area contributed by atoms with Crippen molar-refractivity contribution in [1.29, 1.82) is 0 Å². The fourth-order valence-electron chi connectivity index (χ4n) is 5.94. The Hall–Kier alpha value is -3.21. The SMILES string of the molecule is CCc1cnc2c(c1)CCc1cc(C)cc(OC)c1C2C1CCN(C(=O)Cc2ccncc2)CC1. The summed E-state index contributed by atoms with van der Waals surface area (Å²) in [5.74, 6) is 1.80. The lowest BCUT2D eigenvalue weighted by Gasteiger charge is -2.37. The van der Waals surface area contributed by atoms with Gasteiger partial charge >= 0.3 is 0 Å². The molecule has 35 heavy (non-hydrogen) atoms. The van der Waals surface area contributed by atoms with Crippen molar-refractivity contribution < 1.29 is 9.53 Å². The molecule has 3 aromatic rings. The third kappa shape index (κ3) is 4.82. The van der Waals surface area contributed by atoms with E-state index in [1.165, 1.54) is 33.5 Å². The Bertz CT molecular complexity index is 1200. The first-order chi connectivity index (χ1) is 17.1. The summed E-state index contributed by atoms with van der Waals surface area (Å²) in [7, 11) is 1.78. The quantitative estimate of drug-likeness (QED) is 0.524. The van der Waals surface area contributed by atoms with Gasteiger partial charge in [-0.05, 0) is 91.0 Å². The molecule has 1 aromatic carbocycles. The van der Waals surface area contributed by atoms with Crippen molar-refractivity contribution in [3.05, 3.63) is 88.0 Å². The number of methoxy groups -OCH3 is 1. The van der Waals surface area contributed by atoms with E-state index in [2.05, 4.69) is 43.2 Å². The van der Waals surface area contributed by atoms with Crippen molar-refractivity contribution in [3.63, 3.8) is 0 Å². The smallest absolute Gasteiger partial charge is 0.226 e. The number of carbonyl (C=O) groups is 1. The van der Waals surface area contributed by atoms with E-state index in [9.17, 15) is 4.79 Å². The molecule has 1 aliphatic carbocycles. The molecule has 5 nitrogen and oxygen atoms in total. The van der Waals surface area contributed by atoms with Crippen LogP contribution in [-0.4, -0.2) is 41.0 Å². The largest absolute Gasteiger partial charge is 0.496 e. The van der Waals surface area contributed by atoms with E-state index in [0.717, 1.165) is 56.5 Å². The Morgan fingerprint density at radius 3 is 2.51 bits per heavy atom. The molecule has 0 bridgehead atoms. The predicted molar refractivity (Wildman–Crippen MR) is 138 cm³/mol. The monoisotopic (exact) mass is 469 g/mol. The number of aryl methyl sites for hydroxylation is 4. The van der Waals surface area contributed by atoms with Gasteiger partial charge in [0.25, 0.3) is 0 Å². The zero-order chi connectivity index (χ0) is 24.4. The Morgan fingerprint density at radius 2 is 1.80 bits per heavy atom. The van der Waals surface area contributed by atoms with E-state index in [1.54, 1.807) is 19.5 Å². The van der Waals surface area contributed by atoms with Gasteiger partial charge in [-0.3, -0.25) is 14.8 Å². The number of fused-ring (bicyclic) bond motifs is 2. The molecule has 0 radical (unpaired) electrons. The molecule has 1 saturated heterocycles. The van der Waals surface area contributed by atoms with Gasteiger partial charge in [0, 0.05) is 43.2 Å². The van der Waals surface area contributed by atoms with Crippen LogP contribution in [0.25, 0.3) is 0 Å². The molecule has 2 aliphatic rings. The van der Waals surface area contributed by atoms with Crippen molar-refractivity contribution in [2.45, 2.75) is 58.3 Å². The first kappa shape index (κ1) is 23.5. The molecule has 1 amide bonds. The molecule has 182 valence electrons. The van der Waals surface area contributed by atoms with Gasteiger partial charge in [0.15, 0.2) is 0 Å². The molecule has 5 rings (SSSR count). The summed E-state index contributed by atoms with van der Waals surface area (Å²) in [5.41, 5.74) is 8.85. The van der Waals surface area contributed by atoms with E-state index in [4.69, 9.17) is 9.72 Å². The number of carbonyl (C=O) groups excluding carboxylic acids is 1. The second-order valence-corrected chi connectivity index (χ2v) is 10.0. The Morgan fingerprint density at radius 1 is 1.06 bits per heavy atom. The standard InChI is InChI=1S/C30H35N3O2/c1-4-21-17-25-6-5-24-15-20(2)16-26(35-3)28(24)29(30(25)32-19-21)23-9-13-33(14-10-23)27(34)18-22-7-11-31-12-8-22/h7-8,11-12,15-17,19,23,29H,4-6,9-10,13-14,18H2,1-3H3. The lowest BCUT2D eigenvalue weighted by atomic mass is 9.75. The molecule has 1 fully saturated rings. The molecular formula is C30H35N3O2. The van der Waals surface area contributed by atoms with E-state index < -0.39 is 0 Å². The fraction of sp³-hybridized carbons (Fsp3) is 0.433. The second-order valence-electron chi connectivity index (χ2n) is 10.0. The number of aromatic nitrogens is 2. The molecule has 1 aliphatic heterocycles. The van der Waals surface area contributed by atoms with Crippen LogP contribution in [0.2, 0.25) is 0 Å². The fourth-order valence-corrected chi connectivity index (χ4v) is 5.94. The second kappa shape index (κ2) is 10.2. The summed E-state index contributed by atoms with van der Waals surface area (Å²) in [6.45, 7) is 5.92. The first-order valence-corrected chi connectivity index (χ1v) is 12.9. The summed E-state index contributed by atoms with van der Waals surface area (Å²) in [4.78, 5) is 24.2. The maximum Gasteiger partial charge on any atom is 0.226 e. The van der Waals surface area contributed by atoms with Gasteiger partial charge in [0.2, 0.25) is 5.91 Å². The van der Waals surface area contributed by atoms with Gasteiger partial charge in [0.05, 0.1) is 19.2 Å². The van der Waals surface area contributed by atoms with Crippen LogP contribution >= 0.6 is 0 Å². The topological polar surface area (TPSA) is 55.3 Å². The number of amides is 1. The molecule has 3 heterocycles. The minimum atomic E-state index is 0.196. The highest BCUT2D eigenvalue weighted by molar-refractivity contribution is 5.78. The number of nitrogens with zero attached hydrogens (tertiary/aromatic N) is 3. The van der Waals surface area contributed by atoms with E-state index in [0.29, 0.717) is 12.3 Å². The molecule has 2 aromatic heterocycles. The number of benzene rings is 1. The van der Waals surface area contributed by atoms with Crippen LogP contribution in [0, 0.1) is 12.8 Å². The molecule has 0 saturated carbocycles. The zero-order valence-corrected chi connectivity index (χ0v) is 21.1. The van der Waals surface area contributed by atoms with Crippen LogP contribution in [0.4, 0.5) is 0 Å². The van der Waals surface area contributed by atoms with Gasteiger partial charge in [-0.25, -0.2) is 0 Å². The number of piperidine rings is 1. The molecule has 0 N–H and O–H groups in total. The summed E-state index contributed by atoms with van der Waals surface area (Å²) < 4.78 is 5.96. The summed E-state index contributed by atoms with van der Waals surface area (Å²) in [5, 5.41) is 0. The third-order valence-electron chi connectivity index (χ3n) is 7.80. The average Bonchev–Trinajstić information content (AvgIpc) is 3.05. The summed E-state index contributed by atoms with van der Waals surface area (Å²) in [6, 6.07) is 10.7. The lowest BCUT2D eigenvalue weighted by molar-refractivity contribution is -0.131. The summed E-state index contributed by atoms with van der Waals surface area (Å²) in [6.07, 6.45) is 11.0. The van der Waals surface area contributed by atoms with Crippen molar-refractivity contribution in [1.82, 2.24) is 14.9 Å². The maximum absolute atomic E-state index is 13.0. The molecule has 5 heteroatoms. The predicted octanol–water partition coefficient (Wildman–Crippen LogP) is 5.07. The third-order valence-corrected chi connectivity index (χ3v) is 7.80. The number of rotatable bonds is 5. The normalized spacial score (nSPS) is 17.9. The van der Waals surface area contributed by atoms with Gasteiger partial charge < -0.3 is 9.64 Å². The molecule has 0 spiro atoms. The Balaban J connectivity index is 1.44. The maximum atomic E-state index is 13.0. The van der Waals surface area contributed by atoms with Gasteiger partial charge in [-0.15, -0.1) is 0 Å². The lowest BCUT2D eigenvalue weighted by Crippen LogP contribution is -2.40. The minimum Gasteiger partial charge on any atom is -0.496 e. The van der Waals surface area contributed by atoms with Gasteiger partial charge in [0.1, 0.15) is 5.75 Å². The highest BCUT2D eigenvalue weighted by Gasteiger charge is 2.36. The number of hydrogen-bond acceptors (Lipinski definition) is 4. The minimum absolute atomic E-state index is 0.196. The van der Waals surface area contributed by atoms with E-state index in [1.807, 2.05) is 17.0 Å². The highest BCUT2D eigenvalue weighted by Crippen LogP contribution is 2.46. The van der Waals surface area contributed by atoms with Crippen LogP contribution in [0.15, 0.2) is 48.9 Å². The molecule has 1 unspecified atom stereocenters. The van der Waals surface area contributed by atoms with E-state index >= 15 is 0 Å². The summed E-state index contributed by atoms with van der Waals surface area (Å²) >= 11 is 0. The number of ether oxygens (including phenoxy) is 1. The number of likely N-dealkylation sites (tertiary alicyclic amines) is 1. The van der Waals surface area contributed by atoms with Gasteiger partial charge in [-0.2, -0.15) is 0 Å². The van der Waals surface area contributed by atoms with Crippen molar-refractivity contribution >= 4 is 5.91 Å². The zero-order valence-electron chi connectivity index (χ0n) is 21.1. The highest BCUT2D eigenvalue weighted by atomic mass is 16.5. The van der Waals surface area contributed by atoms with Crippen LogP contribution in [-0.2, 0) is 30.5 Å². The van der Waals surface area contributed by atoms with Crippen LogP contribution < -0.4 is 4.74 Å². The van der Waals surface area contributed by atoms with Crippen molar-refractivity contribution in [2.75, 3.05) is 20.2 Å². The number of hydrogen-bond donors (Lipinski definition) is 0.